The summed E-state index contributed by atoms with van der Waals surface area (Å²) >= 11 is 7.85. The summed E-state index contributed by atoms with van der Waals surface area (Å²) in [4.78, 5) is 35.3. The van der Waals surface area contributed by atoms with Crippen LogP contribution >= 0.6 is 31.2 Å². The second kappa shape index (κ2) is 13.2. The highest BCUT2D eigenvalue weighted by Crippen LogP contribution is 2.55. The first-order chi connectivity index (χ1) is 18.8. The second-order valence-corrected chi connectivity index (χ2v) is 13.0. The van der Waals surface area contributed by atoms with Crippen LogP contribution in [0.2, 0.25) is 0 Å². The third-order valence-corrected chi connectivity index (χ3v) is 8.99. The van der Waals surface area contributed by atoms with Crippen molar-refractivity contribution in [1.29, 1.82) is 0 Å². The van der Waals surface area contributed by atoms with Gasteiger partial charge in [0.15, 0.2) is 22.5 Å². The number of halogens is 1. The van der Waals surface area contributed by atoms with Crippen molar-refractivity contribution in [3.8, 4) is 5.88 Å². The number of phosphoric acid groups is 1. The fourth-order valence-electron chi connectivity index (χ4n) is 3.66. The fraction of sp³-hybridized carbons (Fsp3) is 0.682. The Balaban J connectivity index is 1.62. The van der Waals surface area contributed by atoms with Crippen LogP contribution in [0.15, 0.2) is 6.33 Å². The lowest BCUT2D eigenvalue weighted by atomic mass is 9.96. The van der Waals surface area contributed by atoms with E-state index in [2.05, 4.69) is 25.0 Å². The molecule has 1 amide bonds. The molecule has 224 valence electrons. The number of thioether (sulfide) groups is 1. The summed E-state index contributed by atoms with van der Waals surface area (Å²) in [5.74, 6) is 0.364. The topological polar surface area (TPSA) is 188 Å². The van der Waals surface area contributed by atoms with Gasteiger partial charge in [-0.25, -0.2) is 14.3 Å². The molecule has 18 heteroatoms. The number of ether oxygens (including phenoxy) is 3. The molecule has 40 heavy (non-hydrogen) atoms. The molecule has 2 aromatic heterocycles. The highest BCUT2D eigenvalue weighted by molar-refractivity contribution is 8.13. The predicted octanol–water partition coefficient (Wildman–Crippen LogP) is 3.13. The van der Waals surface area contributed by atoms with Gasteiger partial charge in [0.2, 0.25) is 11.8 Å². The third kappa shape index (κ3) is 7.35. The van der Waals surface area contributed by atoms with Crippen molar-refractivity contribution in [2.24, 2.45) is 5.41 Å². The summed E-state index contributed by atoms with van der Waals surface area (Å²) in [6.07, 6.45) is -0.929. The number of alkyl halides is 1. The zero-order valence-corrected chi connectivity index (χ0v) is 25.5. The zero-order valence-electron chi connectivity index (χ0n) is 23.0. The average molecular weight is 625 g/mol. The number of alkyl carbamates (subject to hydrolysis) is 1. The van der Waals surface area contributed by atoms with Gasteiger partial charge in [0.05, 0.1) is 38.7 Å². The molecular weight excluding hydrogens is 591 g/mol. The van der Waals surface area contributed by atoms with Gasteiger partial charge in [-0.1, -0.05) is 25.6 Å². The Bertz CT molecular complexity index is 1260. The number of nitrogen functional groups attached to an aromatic ring is 1. The van der Waals surface area contributed by atoms with Gasteiger partial charge in [0.25, 0.3) is 0 Å². The number of nitrogens with one attached hydrogen (secondary N) is 1. The van der Waals surface area contributed by atoms with E-state index in [1.165, 1.54) is 20.5 Å². The normalized spacial score (nSPS) is 22.7. The highest BCUT2D eigenvalue weighted by Gasteiger charge is 2.52. The van der Waals surface area contributed by atoms with Gasteiger partial charge in [-0.15, -0.1) is 11.6 Å². The summed E-state index contributed by atoms with van der Waals surface area (Å²) < 4.78 is 47.0. The number of hydrogen-bond donors (Lipinski definition) is 2. The fourth-order valence-corrected chi connectivity index (χ4v) is 6.10. The van der Waals surface area contributed by atoms with Crippen LogP contribution in [0.3, 0.4) is 0 Å². The van der Waals surface area contributed by atoms with E-state index in [1.54, 1.807) is 32.3 Å². The molecule has 0 spiro atoms. The van der Waals surface area contributed by atoms with E-state index in [4.69, 9.17) is 40.4 Å². The second-order valence-electron chi connectivity index (χ2n) is 9.40. The Kier molecular flexibility index (Phi) is 10.7. The molecule has 1 aliphatic rings. The molecular formula is C22H34ClN6O9PS. The zero-order chi connectivity index (χ0) is 29.7. The number of imidazole rings is 1. The molecule has 3 rings (SSSR count). The largest absolute Gasteiger partial charge is 0.476 e. The van der Waals surface area contributed by atoms with Crippen molar-refractivity contribution >= 4 is 59.5 Å². The van der Waals surface area contributed by atoms with E-state index < -0.39 is 36.5 Å². The Morgan fingerprint density at radius 3 is 2.75 bits per heavy atom. The van der Waals surface area contributed by atoms with Crippen molar-refractivity contribution in [3.63, 3.8) is 0 Å². The molecule has 15 nitrogen and oxygen atoms in total. The van der Waals surface area contributed by atoms with Crippen LogP contribution in [0.25, 0.3) is 11.2 Å². The first-order valence-electron chi connectivity index (χ1n) is 12.2. The van der Waals surface area contributed by atoms with Crippen LogP contribution < -0.4 is 15.8 Å². The minimum absolute atomic E-state index is 0.0171. The summed E-state index contributed by atoms with van der Waals surface area (Å²) in [7, 11) is -1.67. The Labute approximate surface area is 240 Å². The van der Waals surface area contributed by atoms with Crippen molar-refractivity contribution in [1.82, 2.24) is 24.8 Å². The molecule has 3 N–H and O–H groups in total. The lowest BCUT2D eigenvalue weighted by molar-refractivity contribution is -0.117. The van der Waals surface area contributed by atoms with E-state index in [1.807, 2.05) is 0 Å². The number of nitrogens with zero attached hydrogens (tertiary/aromatic N) is 4. The third-order valence-electron chi connectivity index (χ3n) is 5.92. The molecule has 3 heterocycles. The number of fused-ring (bicyclic) bond motifs is 1. The number of methoxy groups -OCH3 is 1. The maximum absolute atomic E-state index is 13.2. The van der Waals surface area contributed by atoms with Crippen LogP contribution in [0.5, 0.6) is 5.88 Å². The van der Waals surface area contributed by atoms with Crippen LogP contribution in [0.1, 0.15) is 33.9 Å². The number of amides is 1. The van der Waals surface area contributed by atoms with Gasteiger partial charge in [0.1, 0.15) is 11.0 Å². The first kappa shape index (κ1) is 32.3. The molecule has 4 atom stereocenters. The van der Waals surface area contributed by atoms with Crippen LogP contribution in [-0.2, 0) is 32.4 Å². The summed E-state index contributed by atoms with van der Waals surface area (Å²) in [5, 5.41) is 2.30. The summed E-state index contributed by atoms with van der Waals surface area (Å²) in [6, 6.07) is 0. The summed E-state index contributed by atoms with van der Waals surface area (Å²) in [5.41, 5.74) is 5.70. The van der Waals surface area contributed by atoms with E-state index in [0.717, 1.165) is 11.8 Å². The van der Waals surface area contributed by atoms with Gasteiger partial charge in [0, 0.05) is 19.4 Å². The van der Waals surface area contributed by atoms with Gasteiger partial charge in [-0.05, 0) is 13.8 Å². The predicted molar refractivity (Wildman–Crippen MR) is 147 cm³/mol. The van der Waals surface area contributed by atoms with Gasteiger partial charge >= 0.3 is 13.9 Å². The Morgan fingerprint density at radius 2 is 2.10 bits per heavy atom. The minimum atomic E-state index is -4.09. The summed E-state index contributed by atoms with van der Waals surface area (Å²) in [6.45, 7) is 7.08. The lowest BCUT2D eigenvalue weighted by Gasteiger charge is -2.30. The molecule has 1 aliphatic heterocycles. The van der Waals surface area contributed by atoms with E-state index >= 15 is 0 Å². The average Bonchev–Trinajstić information content (AvgIpc) is 3.44. The maximum atomic E-state index is 13.2. The monoisotopic (exact) mass is 624 g/mol. The molecule has 0 bridgehead atoms. The van der Waals surface area contributed by atoms with Crippen LogP contribution in [0.4, 0.5) is 10.7 Å². The first-order valence-corrected chi connectivity index (χ1v) is 15.0. The minimum Gasteiger partial charge on any atom is -0.476 e. The maximum Gasteiger partial charge on any atom is 0.474 e. The number of rotatable bonds is 13. The molecule has 0 aliphatic carbocycles. The molecule has 1 fully saturated rings. The van der Waals surface area contributed by atoms with Crippen molar-refractivity contribution in [2.45, 2.75) is 44.9 Å². The molecule has 0 unspecified atom stereocenters. The number of hydrogen-bond acceptors (Lipinski definition) is 14. The van der Waals surface area contributed by atoms with E-state index in [9.17, 15) is 14.2 Å². The Hall–Kier alpha value is -2.20. The number of phosphoric ester groups is 1. The number of aromatic nitrogens is 4. The van der Waals surface area contributed by atoms with E-state index in [-0.39, 0.29) is 42.5 Å². The molecule has 1 saturated heterocycles. The molecule has 0 radical (unpaired) electrons. The van der Waals surface area contributed by atoms with Crippen molar-refractivity contribution < 1.29 is 41.9 Å². The number of anilines is 1. The SMILES string of the molecule is CCOc1nc(N)nc2c1ncn2[C@@H]1OC[C@@H](O[P@@](=O)(OC)OCCSC(=O)C(C)(C)CNC(=O)OC)[C@@]1(C)Cl. The standard InChI is InChI=1S/C22H34ClN6O9PS/c1-7-35-16-14-15(27-19(24)28-16)29(12-26-14)17-22(4,23)13(10-36-17)38-39(32,34-6)37-8-9-40-18(30)21(2,3)11-25-20(31)33-5/h12-13,17H,7-11H2,1-6H3,(H,25,31)(H2,24,27,28)/t13-,17-,22-,39+/m1/s1. The van der Waals surface area contributed by atoms with E-state index in [0.29, 0.717) is 17.8 Å². The van der Waals surface area contributed by atoms with Crippen molar-refractivity contribution in [3.05, 3.63) is 6.33 Å². The number of carbonyl (C=O) groups is 2. The Morgan fingerprint density at radius 1 is 1.38 bits per heavy atom. The number of nitrogens with two attached hydrogens (primary N) is 1. The molecule has 0 saturated carbocycles. The van der Waals surface area contributed by atoms with Crippen LogP contribution in [-0.4, -0.2) is 88.0 Å². The lowest BCUT2D eigenvalue weighted by Crippen LogP contribution is -2.38. The smallest absolute Gasteiger partial charge is 0.474 e. The van der Waals surface area contributed by atoms with Crippen molar-refractivity contribution in [2.75, 3.05) is 52.1 Å². The van der Waals surface area contributed by atoms with Gasteiger partial charge in [-0.3, -0.25) is 22.9 Å². The quantitative estimate of drug-likeness (QED) is 0.188. The number of carbonyl (C=O) groups excluding carboxylic acids is 2. The van der Waals surface area contributed by atoms with Gasteiger partial charge in [-0.2, -0.15) is 9.97 Å². The highest BCUT2D eigenvalue weighted by atomic mass is 35.5. The van der Waals surface area contributed by atoms with Gasteiger partial charge < -0.3 is 25.3 Å². The molecule has 2 aromatic rings. The van der Waals surface area contributed by atoms with Crippen LogP contribution in [0, 0.1) is 5.41 Å². The molecule has 0 aromatic carbocycles.